The Labute approximate surface area is 190 Å². The summed E-state index contributed by atoms with van der Waals surface area (Å²) in [4.78, 5) is 28.7. The highest BCUT2D eigenvalue weighted by Crippen LogP contribution is 2.36. The van der Waals surface area contributed by atoms with E-state index in [9.17, 15) is 14.7 Å². The van der Waals surface area contributed by atoms with Gasteiger partial charge >= 0.3 is 5.97 Å². The molecule has 0 bridgehead atoms. The molecule has 9 heteroatoms. The molecule has 0 saturated heterocycles. The van der Waals surface area contributed by atoms with Crippen molar-refractivity contribution in [2.45, 2.75) is 12.5 Å². The minimum absolute atomic E-state index is 0.0911. The van der Waals surface area contributed by atoms with E-state index in [1.807, 2.05) is 34.9 Å². The van der Waals surface area contributed by atoms with E-state index < -0.39 is 12.0 Å². The molecule has 0 spiro atoms. The molecule has 7 nitrogen and oxygen atoms in total. The molecule has 0 radical (unpaired) electrons. The zero-order valence-electron chi connectivity index (χ0n) is 16.4. The molecule has 2 heterocycles. The average Bonchev–Trinajstić information content (AvgIpc) is 3.35. The van der Waals surface area contributed by atoms with Crippen molar-refractivity contribution < 1.29 is 19.4 Å². The minimum atomic E-state index is -0.907. The molecule has 158 valence electrons. The van der Waals surface area contributed by atoms with Gasteiger partial charge in [-0.1, -0.05) is 30.3 Å². The summed E-state index contributed by atoms with van der Waals surface area (Å²) in [6.45, 7) is 0. The van der Waals surface area contributed by atoms with Gasteiger partial charge in [0.25, 0.3) is 5.91 Å². The number of thiophene rings is 1. The van der Waals surface area contributed by atoms with Gasteiger partial charge in [0, 0.05) is 11.1 Å². The largest absolute Gasteiger partial charge is 0.494 e. The number of hydrogen-bond donors (Lipinski definition) is 2. The lowest BCUT2D eigenvalue weighted by molar-refractivity contribution is -0.137. The third-order valence-electron chi connectivity index (χ3n) is 4.87. The maximum atomic E-state index is 12.8. The van der Waals surface area contributed by atoms with Crippen LogP contribution in [0.3, 0.4) is 0 Å². The summed E-state index contributed by atoms with van der Waals surface area (Å²) in [5.41, 5.74) is 3.31. The fourth-order valence-corrected chi connectivity index (χ4v) is 4.83. The molecule has 4 aromatic rings. The predicted octanol–water partition coefficient (Wildman–Crippen LogP) is 5.19. The molecular weight excluding hydrogens is 482 g/mol. The van der Waals surface area contributed by atoms with Crippen LogP contribution in [0.4, 0.5) is 5.69 Å². The molecule has 0 aliphatic carbocycles. The normalized spacial score (nSPS) is 11.9. The molecule has 0 fully saturated rings. The van der Waals surface area contributed by atoms with E-state index in [0.29, 0.717) is 22.5 Å². The van der Waals surface area contributed by atoms with Gasteiger partial charge < -0.3 is 19.7 Å². The molecule has 2 aromatic carbocycles. The van der Waals surface area contributed by atoms with Crippen molar-refractivity contribution in [3.8, 4) is 5.75 Å². The molecule has 2 N–H and O–H groups in total. The monoisotopic (exact) mass is 499 g/mol. The average molecular weight is 500 g/mol. The van der Waals surface area contributed by atoms with Crippen LogP contribution in [-0.2, 0) is 4.79 Å². The second-order valence-electron chi connectivity index (χ2n) is 6.79. The van der Waals surface area contributed by atoms with Crippen LogP contribution >= 0.6 is 27.3 Å². The standard InChI is InChI=1S/C22H18BrN3O4S/c1-30-20-15(11-31-21(20)23)22(29)25-14-7-8-16-18(9-14)26(12-24-16)17(10-19(27)28)13-5-3-2-4-6-13/h2-9,11-12,17H,10H2,1H3,(H,25,29)(H,27,28). The van der Waals surface area contributed by atoms with Crippen molar-refractivity contribution in [3.05, 3.63) is 75.2 Å². The van der Waals surface area contributed by atoms with Gasteiger partial charge in [-0.05, 0) is 39.7 Å². The number of carboxylic acids is 1. The fraction of sp³-hybridized carbons (Fsp3) is 0.136. The highest BCUT2D eigenvalue weighted by atomic mass is 79.9. The van der Waals surface area contributed by atoms with E-state index >= 15 is 0 Å². The van der Waals surface area contributed by atoms with Crippen molar-refractivity contribution in [2.24, 2.45) is 0 Å². The Hall–Kier alpha value is -3.17. The van der Waals surface area contributed by atoms with Crippen molar-refractivity contribution in [1.82, 2.24) is 9.55 Å². The van der Waals surface area contributed by atoms with Crippen LogP contribution in [0.2, 0.25) is 0 Å². The third-order valence-corrected chi connectivity index (χ3v) is 6.54. The molecule has 0 saturated carbocycles. The number of fused-ring (bicyclic) bond motifs is 1. The number of amides is 1. The number of benzene rings is 2. The van der Waals surface area contributed by atoms with Crippen LogP contribution in [0.5, 0.6) is 5.75 Å². The fourth-order valence-electron chi connectivity index (χ4n) is 3.44. The topological polar surface area (TPSA) is 93.5 Å². The molecule has 1 unspecified atom stereocenters. The van der Waals surface area contributed by atoms with Gasteiger partial charge in [0.05, 0.1) is 42.5 Å². The minimum Gasteiger partial charge on any atom is -0.494 e. The number of rotatable bonds is 7. The molecule has 1 atom stereocenters. The molecular formula is C22H18BrN3O4S. The molecule has 0 aliphatic rings. The summed E-state index contributed by atoms with van der Waals surface area (Å²) in [5, 5.41) is 14.1. The lowest BCUT2D eigenvalue weighted by Gasteiger charge is -2.18. The third kappa shape index (κ3) is 4.33. The van der Waals surface area contributed by atoms with E-state index in [-0.39, 0.29) is 12.3 Å². The number of nitrogens with zero attached hydrogens (tertiary/aromatic N) is 2. The molecule has 31 heavy (non-hydrogen) atoms. The highest BCUT2D eigenvalue weighted by molar-refractivity contribution is 9.11. The second-order valence-corrected chi connectivity index (χ2v) is 8.99. The predicted molar refractivity (Wildman–Crippen MR) is 123 cm³/mol. The number of aromatic nitrogens is 2. The summed E-state index contributed by atoms with van der Waals surface area (Å²) in [7, 11) is 1.51. The Kier molecular flexibility index (Phi) is 6.06. The van der Waals surface area contributed by atoms with Gasteiger partial charge in [0.1, 0.15) is 3.79 Å². The number of imidazole rings is 1. The number of halogens is 1. The maximum Gasteiger partial charge on any atom is 0.305 e. The second kappa shape index (κ2) is 8.91. The smallest absolute Gasteiger partial charge is 0.305 e. The van der Waals surface area contributed by atoms with Crippen LogP contribution in [0.1, 0.15) is 28.4 Å². The number of ether oxygens (including phenoxy) is 1. The number of methoxy groups -OCH3 is 1. The van der Waals surface area contributed by atoms with Crippen molar-refractivity contribution >= 4 is 55.9 Å². The zero-order chi connectivity index (χ0) is 22.0. The first-order chi connectivity index (χ1) is 15.0. The zero-order valence-corrected chi connectivity index (χ0v) is 18.8. The highest BCUT2D eigenvalue weighted by Gasteiger charge is 2.21. The first-order valence-electron chi connectivity index (χ1n) is 9.33. The van der Waals surface area contributed by atoms with Gasteiger partial charge in [-0.2, -0.15) is 0 Å². The van der Waals surface area contributed by atoms with Gasteiger partial charge in [-0.3, -0.25) is 9.59 Å². The van der Waals surface area contributed by atoms with Gasteiger partial charge in [0.2, 0.25) is 0 Å². The van der Waals surface area contributed by atoms with Crippen LogP contribution in [-0.4, -0.2) is 33.6 Å². The van der Waals surface area contributed by atoms with Crippen LogP contribution in [0.15, 0.2) is 64.0 Å². The maximum absolute atomic E-state index is 12.8. The number of carbonyl (C=O) groups is 2. The number of hydrogen-bond acceptors (Lipinski definition) is 5. The van der Waals surface area contributed by atoms with E-state index in [2.05, 4.69) is 26.2 Å². The number of aliphatic carboxylic acids is 1. The van der Waals surface area contributed by atoms with E-state index in [0.717, 1.165) is 14.9 Å². The summed E-state index contributed by atoms with van der Waals surface area (Å²) in [6.07, 6.45) is 1.54. The Morgan fingerprint density at radius 3 is 2.74 bits per heavy atom. The summed E-state index contributed by atoms with van der Waals surface area (Å²) < 4.78 is 7.88. The Bertz CT molecular complexity index is 1250. The Morgan fingerprint density at radius 1 is 1.26 bits per heavy atom. The molecule has 4 rings (SSSR count). The van der Waals surface area contributed by atoms with Crippen molar-refractivity contribution in [3.63, 3.8) is 0 Å². The number of carboxylic acid groups (broad SMARTS) is 1. The van der Waals surface area contributed by atoms with Crippen molar-refractivity contribution in [2.75, 3.05) is 12.4 Å². The lowest BCUT2D eigenvalue weighted by Crippen LogP contribution is -2.15. The van der Waals surface area contributed by atoms with Gasteiger partial charge in [-0.15, -0.1) is 11.3 Å². The number of carbonyl (C=O) groups excluding carboxylic acids is 1. The Balaban J connectivity index is 1.70. The Morgan fingerprint density at radius 2 is 2.03 bits per heavy atom. The first-order valence-corrected chi connectivity index (χ1v) is 11.0. The summed E-state index contributed by atoms with van der Waals surface area (Å²) in [5.74, 6) is -0.719. The SMILES string of the molecule is COc1c(C(=O)Nc2ccc3ncn(C(CC(=O)O)c4ccccc4)c3c2)csc1Br. The molecule has 0 aliphatic heterocycles. The van der Waals surface area contributed by atoms with Crippen LogP contribution < -0.4 is 10.1 Å². The van der Waals surface area contributed by atoms with E-state index in [4.69, 9.17) is 4.74 Å². The van der Waals surface area contributed by atoms with Crippen molar-refractivity contribution in [1.29, 1.82) is 0 Å². The van der Waals surface area contributed by atoms with Gasteiger partial charge in [-0.25, -0.2) is 4.98 Å². The summed E-state index contributed by atoms with van der Waals surface area (Å²) in [6, 6.07) is 14.4. The van der Waals surface area contributed by atoms with Gasteiger partial charge in [0.15, 0.2) is 5.75 Å². The van der Waals surface area contributed by atoms with Crippen LogP contribution in [0.25, 0.3) is 11.0 Å². The quantitative estimate of drug-likeness (QED) is 0.365. The molecule has 1 amide bonds. The van der Waals surface area contributed by atoms with Crippen LogP contribution in [0, 0.1) is 0 Å². The number of nitrogens with one attached hydrogen (secondary N) is 1. The first kappa shape index (κ1) is 21.1. The lowest BCUT2D eigenvalue weighted by atomic mass is 10.0. The van der Waals surface area contributed by atoms with E-state index in [1.54, 1.807) is 29.9 Å². The molecule has 2 aromatic heterocycles. The number of anilines is 1. The summed E-state index contributed by atoms with van der Waals surface area (Å²) >= 11 is 4.75. The van der Waals surface area contributed by atoms with E-state index in [1.165, 1.54) is 18.4 Å².